The molecule has 2 aromatic heterocycles. The highest BCUT2D eigenvalue weighted by atomic mass is 32.1. The topological polar surface area (TPSA) is 37.8 Å². The number of aryl methyl sites for hydroxylation is 1. The zero-order valence-corrected chi connectivity index (χ0v) is 12.4. The second-order valence-corrected chi connectivity index (χ2v) is 5.84. The van der Waals surface area contributed by atoms with Crippen molar-refractivity contribution in [2.24, 2.45) is 0 Å². The molecule has 1 atom stereocenters. The summed E-state index contributed by atoms with van der Waals surface area (Å²) in [5.41, 5.74) is 2.48. The van der Waals surface area contributed by atoms with Crippen LogP contribution in [0.15, 0.2) is 29.9 Å². The van der Waals surface area contributed by atoms with Crippen LogP contribution in [0.5, 0.6) is 0 Å². The molecule has 102 valence electrons. The molecule has 2 heterocycles. The number of thiazole rings is 1. The van der Waals surface area contributed by atoms with Gasteiger partial charge in [0.1, 0.15) is 0 Å². The Balaban J connectivity index is 1.99. The predicted molar refractivity (Wildman–Crippen MR) is 80.6 cm³/mol. The Morgan fingerprint density at radius 3 is 2.89 bits per heavy atom. The second-order valence-electron chi connectivity index (χ2n) is 4.78. The van der Waals surface area contributed by atoms with Gasteiger partial charge in [-0.1, -0.05) is 13.0 Å². The van der Waals surface area contributed by atoms with Crippen LogP contribution >= 0.6 is 11.3 Å². The summed E-state index contributed by atoms with van der Waals surface area (Å²) < 4.78 is 0. The largest absolute Gasteiger partial charge is 0.313 e. The first-order chi connectivity index (χ1) is 9.28. The lowest BCUT2D eigenvalue weighted by Gasteiger charge is -2.17. The number of aromatic nitrogens is 2. The average Bonchev–Trinajstić information content (AvgIpc) is 2.82. The average molecular weight is 275 g/mol. The maximum atomic E-state index is 4.56. The summed E-state index contributed by atoms with van der Waals surface area (Å²) in [5, 5.41) is 6.92. The maximum absolute atomic E-state index is 4.56. The van der Waals surface area contributed by atoms with Crippen LogP contribution in [0.1, 0.15) is 29.6 Å². The van der Waals surface area contributed by atoms with E-state index in [4.69, 9.17) is 0 Å². The molecule has 0 aromatic carbocycles. The van der Waals surface area contributed by atoms with Gasteiger partial charge >= 0.3 is 0 Å². The van der Waals surface area contributed by atoms with E-state index in [0.29, 0.717) is 6.04 Å². The fourth-order valence-electron chi connectivity index (χ4n) is 2.12. The molecule has 0 aliphatic rings. The number of nitrogens with zero attached hydrogens (tertiary/aromatic N) is 2. The van der Waals surface area contributed by atoms with Gasteiger partial charge in [-0.15, -0.1) is 11.3 Å². The van der Waals surface area contributed by atoms with Gasteiger partial charge in [-0.05, 0) is 37.9 Å². The van der Waals surface area contributed by atoms with E-state index < -0.39 is 0 Å². The summed E-state index contributed by atoms with van der Waals surface area (Å²) >= 11 is 1.73. The lowest BCUT2D eigenvalue weighted by molar-refractivity contribution is 0.500. The van der Waals surface area contributed by atoms with Gasteiger partial charge in [-0.25, -0.2) is 4.98 Å². The Labute approximate surface area is 119 Å². The molecule has 19 heavy (non-hydrogen) atoms. The first-order valence-electron chi connectivity index (χ1n) is 6.81. The fraction of sp³-hybridized carbons (Fsp3) is 0.467. The van der Waals surface area contributed by atoms with Crippen LogP contribution in [-0.4, -0.2) is 22.6 Å². The third-order valence-electron chi connectivity index (χ3n) is 3.01. The molecule has 0 radical (unpaired) electrons. The van der Waals surface area contributed by atoms with Gasteiger partial charge in [-0.3, -0.25) is 4.98 Å². The van der Waals surface area contributed by atoms with Crippen LogP contribution in [0.25, 0.3) is 0 Å². The highest BCUT2D eigenvalue weighted by Gasteiger charge is 2.11. The van der Waals surface area contributed by atoms with Crippen LogP contribution in [0.2, 0.25) is 0 Å². The molecule has 0 aliphatic carbocycles. The normalized spacial score (nSPS) is 12.5. The van der Waals surface area contributed by atoms with Crippen molar-refractivity contribution < 1.29 is 0 Å². The Bertz CT molecular complexity index is 481. The minimum Gasteiger partial charge on any atom is -0.313 e. The summed E-state index contributed by atoms with van der Waals surface area (Å²) in [4.78, 5) is 8.75. The van der Waals surface area contributed by atoms with E-state index in [1.165, 1.54) is 11.3 Å². The third-order valence-corrected chi connectivity index (χ3v) is 3.83. The van der Waals surface area contributed by atoms with Crippen LogP contribution in [0, 0.1) is 6.92 Å². The van der Waals surface area contributed by atoms with Crippen molar-refractivity contribution >= 4 is 11.3 Å². The molecule has 0 amide bonds. The fourth-order valence-corrected chi connectivity index (χ4v) is 2.75. The monoisotopic (exact) mass is 275 g/mol. The van der Waals surface area contributed by atoms with E-state index in [9.17, 15) is 0 Å². The maximum Gasteiger partial charge on any atom is 0.0897 e. The summed E-state index contributed by atoms with van der Waals surface area (Å²) in [5.74, 6) is 0. The summed E-state index contributed by atoms with van der Waals surface area (Å²) in [6.07, 6.45) is 6.91. The van der Waals surface area contributed by atoms with E-state index in [-0.39, 0.29) is 0 Å². The molecular weight excluding hydrogens is 254 g/mol. The zero-order chi connectivity index (χ0) is 13.5. The molecule has 4 heteroatoms. The number of rotatable bonds is 7. The first kappa shape index (κ1) is 14.2. The molecule has 0 spiro atoms. The first-order valence-corrected chi connectivity index (χ1v) is 7.69. The highest BCUT2D eigenvalue weighted by molar-refractivity contribution is 7.09. The van der Waals surface area contributed by atoms with Crippen LogP contribution in [0.4, 0.5) is 0 Å². The van der Waals surface area contributed by atoms with Crippen molar-refractivity contribution in [2.75, 3.05) is 6.54 Å². The Hall–Kier alpha value is -1.26. The Morgan fingerprint density at radius 1 is 1.37 bits per heavy atom. The summed E-state index contributed by atoms with van der Waals surface area (Å²) in [7, 11) is 0. The standard InChI is InChI=1S/C15H21N3S/c1-3-6-17-14(8-13-5-4-7-16-10-13)9-15-11-19-12(2)18-15/h4-5,7,10-11,14,17H,3,6,8-9H2,1-2H3. The van der Waals surface area contributed by atoms with Crippen LogP contribution < -0.4 is 5.32 Å². The minimum atomic E-state index is 0.436. The highest BCUT2D eigenvalue weighted by Crippen LogP contribution is 2.12. The van der Waals surface area contributed by atoms with Gasteiger partial charge in [0.25, 0.3) is 0 Å². The number of hydrogen-bond donors (Lipinski definition) is 1. The van der Waals surface area contributed by atoms with Gasteiger partial charge in [0, 0.05) is 30.2 Å². The minimum absolute atomic E-state index is 0.436. The molecular formula is C15H21N3S. The molecule has 1 unspecified atom stereocenters. The molecule has 0 fully saturated rings. The summed E-state index contributed by atoms with van der Waals surface area (Å²) in [6, 6.07) is 4.57. The Morgan fingerprint density at radius 2 is 2.26 bits per heavy atom. The van der Waals surface area contributed by atoms with E-state index in [1.54, 1.807) is 11.3 Å². The lowest BCUT2D eigenvalue weighted by Crippen LogP contribution is -2.34. The van der Waals surface area contributed by atoms with Crippen molar-refractivity contribution in [2.45, 2.75) is 39.2 Å². The third kappa shape index (κ3) is 4.73. The number of hydrogen-bond acceptors (Lipinski definition) is 4. The van der Waals surface area contributed by atoms with Gasteiger partial charge in [0.15, 0.2) is 0 Å². The van der Waals surface area contributed by atoms with E-state index in [0.717, 1.165) is 30.8 Å². The molecule has 0 aliphatic heterocycles. The van der Waals surface area contributed by atoms with Crippen molar-refractivity contribution in [3.05, 3.63) is 46.2 Å². The predicted octanol–water partition coefficient (Wildman–Crippen LogP) is 3.00. The van der Waals surface area contributed by atoms with Crippen molar-refractivity contribution in [1.29, 1.82) is 0 Å². The second kappa shape index (κ2) is 7.36. The molecule has 3 nitrogen and oxygen atoms in total. The molecule has 1 N–H and O–H groups in total. The van der Waals surface area contributed by atoms with Crippen LogP contribution in [-0.2, 0) is 12.8 Å². The van der Waals surface area contributed by atoms with Crippen molar-refractivity contribution in [1.82, 2.24) is 15.3 Å². The van der Waals surface area contributed by atoms with Crippen LogP contribution in [0.3, 0.4) is 0 Å². The molecule has 2 rings (SSSR count). The molecule has 2 aromatic rings. The molecule has 0 bridgehead atoms. The van der Waals surface area contributed by atoms with Gasteiger partial charge in [-0.2, -0.15) is 0 Å². The Kier molecular flexibility index (Phi) is 5.48. The van der Waals surface area contributed by atoms with Crippen molar-refractivity contribution in [3.8, 4) is 0 Å². The number of pyridine rings is 1. The smallest absolute Gasteiger partial charge is 0.0897 e. The lowest BCUT2D eigenvalue weighted by atomic mass is 10.0. The summed E-state index contributed by atoms with van der Waals surface area (Å²) in [6.45, 7) is 5.30. The SMILES string of the molecule is CCCNC(Cc1cccnc1)Cc1csc(C)n1. The van der Waals surface area contributed by atoms with Gasteiger partial charge in [0.2, 0.25) is 0 Å². The number of nitrogens with one attached hydrogen (secondary N) is 1. The van der Waals surface area contributed by atoms with Crippen molar-refractivity contribution in [3.63, 3.8) is 0 Å². The quantitative estimate of drug-likeness (QED) is 0.844. The van der Waals surface area contributed by atoms with E-state index in [2.05, 4.69) is 40.6 Å². The van der Waals surface area contributed by atoms with E-state index >= 15 is 0 Å². The molecule has 0 saturated heterocycles. The van der Waals surface area contributed by atoms with Gasteiger partial charge < -0.3 is 5.32 Å². The molecule has 0 saturated carbocycles. The van der Waals surface area contributed by atoms with Gasteiger partial charge in [0.05, 0.1) is 10.7 Å². The zero-order valence-electron chi connectivity index (χ0n) is 11.6. The van der Waals surface area contributed by atoms with E-state index in [1.807, 2.05) is 18.5 Å².